The number of carboxylic acid groups (broad SMARTS) is 1. The largest absolute Gasteiger partial charge is 0.480 e. The number of nitrogens with one attached hydrogen (secondary N) is 2. The van der Waals surface area contributed by atoms with Crippen LogP contribution in [0.4, 0.5) is 0 Å². The smallest absolute Gasteiger partial charge is 0.328 e. The second kappa shape index (κ2) is 47.5. The number of amides is 2. The molecule has 0 aliphatic heterocycles. The number of allylic oxidation sites excluding steroid dienone is 5. The molecule has 0 aromatic carbocycles. The van der Waals surface area contributed by atoms with Crippen molar-refractivity contribution < 1.29 is 34.1 Å². The number of aliphatic hydroxyl groups excluding tert-OH is 1. The molecule has 62 heavy (non-hydrogen) atoms. The van der Waals surface area contributed by atoms with E-state index in [4.69, 9.17) is 14.9 Å². The number of aliphatic hydroxyl groups is 1. The van der Waals surface area contributed by atoms with E-state index in [1.807, 2.05) is 6.08 Å². The molecular formula is C53H96N2O7. The summed E-state index contributed by atoms with van der Waals surface area (Å²) in [7, 11) is 0. The lowest BCUT2D eigenvalue weighted by Crippen LogP contribution is -2.47. The van der Waals surface area contributed by atoms with Gasteiger partial charge in [-0.1, -0.05) is 218 Å². The fourth-order valence-electron chi connectivity index (χ4n) is 7.64. The standard InChI is InChI=1S/C53H96N2O7/c1-3-5-7-9-11-13-15-16-17-18-19-20-21-22-23-24-25-26-28-30-32-37-41-45-52(59)62-48(42-38-34-31-29-27-14-12-10-8-6-4-2)43-39-35-33-36-40-44-50(57)54-46-51(58)55-49(47-56)53(60)61/h12,14,29,31,38,42,48-49,56H,3-11,13,15-28,30,32-37,39-41,43-47H2,1-2H3,(H,54,57)(H,55,58)(H,60,61)/b14-12-,31-29-,42-38-. The van der Waals surface area contributed by atoms with Crippen molar-refractivity contribution in [1.82, 2.24) is 10.6 Å². The quantitative estimate of drug-likeness (QED) is 0.0271. The molecule has 0 aromatic rings. The Labute approximate surface area is 380 Å². The van der Waals surface area contributed by atoms with Crippen LogP contribution >= 0.6 is 0 Å². The number of esters is 1. The normalized spacial score (nSPS) is 12.7. The average molecular weight is 873 g/mol. The number of ether oxygens (including phenoxy) is 1. The van der Waals surface area contributed by atoms with Crippen LogP contribution in [0.25, 0.3) is 0 Å². The van der Waals surface area contributed by atoms with Gasteiger partial charge >= 0.3 is 11.9 Å². The molecule has 0 saturated carbocycles. The van der Waals surface area contributed by atoms with Gasteiger partial charge in [-0.05, 0) is 57.4 Å². The number of carbonyl (C=O) groups is 4. The first-order valence-corrected chi connectivity index (χ1v) is 25.9. The van der Waals surface area contributed by atoms with E-state index in [-0.39, 0.29) is 30.9 Å². The molecule has 0 radical (unpaired) electrons. The van der Waals surface area contributed by atoms with E-state index < -0.39 is 24.5 Å². The van der Waals surface area contributed by atoms with Crippen molar-refractivity contribution in [2.45, 2.75) is 264 Å². The number of hydrogen-bond donors (Lipinski definition) is 4. The van der Waals surface area contributed by atoms with Crippen LogP contribution in [-0.4, -0.2) is 59.3 Å². The maximum absolute atomic E-state index is 12.8. The maximum Gasteiger partial charge on any atom is 0.328 e. The van der Waals surface area contributed by atoms with Gasteiger partial charge in [-0.3, -0.25) is 14.4 Å². The van der Waals surface area contributed by atoms with E-state index in [0.717, 1.165) is 64.2 Å². The Morgan fingerprint density at radius 1 is 0.500 bits per heavy atom. The van der Waals surface area contributed by atoms with E-state index >= 15 is 0 Å². The third kappa shape index (κ3) is 43.7. The molecule has 0 aliphatic carbocycles. The molecule has 360 valence electrons. The monoisotopic (exact) mass is 873 g/mol. The summed E-state index contributed by atoms with van der Waals surface area (Å²) in [4.78, 5) is 47.7. The molecule has 4 N–H and O–H groups in total. The molecule has 0 fully saturated rings. The van der Waals surface area contributed by atoms with Crippen molar-refractivity contribution in [3.8, 4) is 0 Å². The van der Waals surface area contributed by atoms with Gasteiger partial charge in [0, 0.05) is 12.8 Å². The zero-order valence-electron chi connectivity index (χ0n) is 40.1. The summed E-state index contributed by atoms with van der Waals surface area (Å²) in [6.45, 7) is 3.46. The lowest BCUT2D eigenvalue weighted by molar-refractivity contribution is -0.147. The van der Waals surface area contributed by atoms with Gasteiger partial charge < -0.3 is 25.6 Å². The third-order valence-corrected chi connectivity index (χ3v) is 11.6. The van der Waals surface area contributed by atoms with E-state index in [2.05, 4.69) is 54.9 Å². The van der Waals surface area contributed by atoms with Gasteiger partial charge in [0.05, 0.1) is 13.2 Å². The number of aliphatic carboxylic acids is 1. The number of rotatable bonds is 47. The molecule has 0 aliphatic rings. The molecule has 0 bridgehead atoms. The van der Waals surface area contributed by atoms with Crippen molar-refractivity contribution >= 4 is 23.8 Å². The Morgan fingerprint density at radius 3 is 1.40 bits per heavy atom. The first-order chi connectivity index (χ1) is 30.3. The predicted molar refractivity (Wildman–Crippen MR) is 259 cm³/mol. The summed E-state index contributed by atoms with van der Waals surface area (Å²) in [5, 5.41) is 22.6. The van der Waals surface area contributed by atoms with Crippen molar-refractivity contribution in [3.05, 3.63) is 36.5 Å². The highest BCUT2D eigenvalue weighted by Crippen LogP contribution is 2.17. The summed E-state index contributed by atoms with van der Waals surface area (Å²) >= 11 is 0. The Hall–Kier alpha value is -2.94. The van der Waals surface area contributed by atoms with E-state index in [1.54, 1.807) is 0 Å². The van der Waals surface area contributed by atoms with Crippen molar-refractivity contribution in [2.75, 3.05) is 13.2 Å². The van der Waals surface area contributed by atoms with Crippen LogP contribution in [0.1, 0.15) is 251 Å². The van der Waals surface area contributed by atoms with E-state index in [9.17, 15) is 19.2 Å². The van der Waals surface area contributed by atoms with Gasteiger partial charge in [-0.15, -0.1) is 0 Å². The Morgan fingerprint density at radius 2 is 0.919 bits per heavy atom. The molecule has 2 amide bonds. The highest BCUT2D eigenvalue weighted by Gasteiger charge is 2.18. The zero-order chi connectivity index (χ0) is 45.4. The molecule has 0 rings (SSSR count). The minimum atomic E-state index is -1.39. The van der Waals surface area contributed by atoms with Gasteiger partial charge in [0.15, 0.2) is 0 Å². The molecule has 9 heteroatoms. The van der Waals surface area contributed by atoms with Crippen LogP contribution in [0.15, 0.2) is 36.5 Å². The van der Waals surface area contributed by atoms with Crippen molar-refractivity contribution in [1.29, 1.82) is 0 Å². The molecule has 0 aromatic heterocycles. The Bertz CT molecular complexity index is 1140. The van der Waals surface area contributed by atoms with Gasteiger partial charge in [0.25, 0.3) is 0 Å². The fourth-order valence-corrected chi connectivity index (χ4v) is 7.64. The van der Waals surface area contributed by atoms with Gasteiger partial charge in [-0.25, -0.2) is 4.79 Å². The first kappa shape index (κ1) is 59.1. The highest BCUT2D eigenvalue weighted by atomic mass is 16.5. The average Bonchev–Trinajstić information content (AvgIpc) is 3.26. The van der Waals surface area contributed by atoms with Crippen LogP contribution in [0.3, 0.4) is 0 Å². The molecule has 2 unspecified atom stereocenters. The highest BCUT2D eigenvalue weighted by molar-refractivity contribution is 5.87. The summed E-state index contributed by atoms with van der Waals surface area (Å²) in [5.74, 6) is -2.38. The second-order valence-corrected chi connectivity index (χ2v) is 17.6. The molecule has 0 heterocycles. The van der Waals surface area contributed by atoms with Crippen molar-refractivity contribution in [2.24, 2.45) is 0 Å². The van der Waals surface area contributed by atoms with E-state index in [1.165, 1.54) is 154 Å². The van der Waals surface area contributed by atoms with Gasteiger partial charge in [-0.2, -0.15) is 0 Å². The van der Waals surface area contributed by atoms with Crippen LogP contribution in [0, 0.1) is 0 Å². The minimum absolute atomic E-state index is 0.110. The van der Waals surface area contributed by atoms with Gasteiger partial charge in [0.2, 0.25) is 11.8 Å². The first-order valence-electron chi connectivity index (χ1n) is 25.9. The summed E-state index contributed by atoms with van der Waals surface area (Å²) in [6, 6.07) is -1.39. The van der Waals surface area contributed by atoms with Crippen LogP contribution < -0.4 is 10.6 Å². The molecular weight excluding hydrogens is 777 g/mol. The summed E-state index contributed by atoms with van der Waals surface area (Å²) < 4.78 is 5.95. The summed E-state index contributed by atoms with van der Waals surface area (Å²) in [5.41, 5.74) is 0. The van der Waals surface area contributed by atoms with Crippen molar-refractivity contribution in [3.63, 3.8) is 0 Å². The molecule has 9 nitrogen and oxygen atoms in total. The number of carbonyl (C=O) groups excluding carboxylic acids is 3. The molecule has 0 saturated heterocycles. The Kier molecular flexibility index (Phi) is 45.3. The number of carboxylic acids is 1. The summed E-state index contributed by atoms with van der Waals surface area (Å²) in [6.07, 6.45) is 56.4. The number of unbranched alkanes of at least 4 members (excludes halogenated alkanes) is 29. The van der Waals surface area contributed by atoms with Gasteiger partial charge in [0.1, 0.15) is 12.1 Å². The third-order valence-electron chi connectivity index (χ3n) is 11.6. The zero-order valence-corrected chi connectivity index (χ0v) is 40.1. The second-order valence-electron chi connectivity index (χ2n) is 17.6. The van der Waals surface area contributed by atoms with Crippen LogP contribution in [-0.2, 0) is 23.9 Å². The SMILES string of the molecule is CCCCC/C=C\C/C=C\C/C=C\C(CCCCCCCC(=O)NCC(=O)NC(CO)C(=O)O)OC(=O)CCCCCCCCCCCCCCCCCCCCCCCCC. The fraction of sp³-hybridized carbons (Fsp3) is 0.811. The topological polar surface area (TPSA) is 142 Å². The maximum atomic E-state index is 12.8. The lowest BCUT2D eigenvalue weighted by atomic mass is 10.0. The predicted octanol–water partition coefficient (Wildman–Crippen LogP) is 13.7. The number of hydrogen-bond acceptors (Lipinski definition) is 6. The minimum Gasteiger partial charge on any atom is -0.480 e. The molecule has 0 spiro atoms. The van der Waals surface area contributed by atoms with Crippen LogP contribution in [0.2, 0.25) is 0 Å². The van der Waals surface area contributed by atoms with E-state index in [0.29, 0.717) is 12.8 Å². The lowest BCUT2D eigenvalue weighted by Gasteiger charge is -2.15. The molecule has 2 atom stereocenters. The Balaban J connectivity index is 4.20. The van der Waals surface area contributed by atoms with Crippen LogP contribution in [0.5, 0.6) is 0 Å².